The summed E-state index contributed by atoms with van der Waals surface area (Å²) in [6, 6.07) is -0.110. The number of alkyl halides is 3. The van der Waals surface area contributed by atoms with Gasteiger partial charge in [0.25, 0.3) is 0 Å². The number of ether oxygens (including phenoxy) is 1. The zero-order valence-corrected chi connectivity index (χ0v) is 8.10. The minimum Gasteiger partial charge on any atom is -0.395 e. The molecule has 0 aliphatic carbocycles. The van der Waals surface area contributed by atoms with Crippen molar-refractivity contribution in [3.05, 3.63) is 0 Å². The first-order valence-electron chi connectivity index (χ1n) is 4.42. The lowest BCUT2D eigenvalue weighted by molar-refractivity contribution is -0.145. The van der Waals surface area contributed by atoms with Gasteiger partial charge in [-0.25, -0.2) is 0 Å². The van der Waals surface area contributed by atoms with Crippen molar-refractivity contribution in [3.8, 4) is 0 Å². The van der Waals surface area contributed by atoms with Crippen LogP contribution in [0.1, 0.15) is 12.8 Å². The minimum atomic E-state index is -4.15. The second-order valence-electron chi connectivity index (χ2n) is 2.93. The van der Waals surface area contributed by atoms with Crippen LogP contribution in [0, 0.1) is 0 Å². The molecule has 2 N–H and O–H groups in total. The van der Waals surface area contributed by atoms with Gasteiger partial charge in [0, 0.05) is 12.6 Å². The van der Waals surface area contributed by atoms with Crippen molar-refractivity contribution in [1.82, 2.24) is 5.32 Å². The number of rotatable bonds is 7. The molecule has 0 aromatic rings. The summed E-state index contributed by atoms with van der Waals surface area (Å²) in [5.41, 5.74) is 0. The molecule has 0 radical (unpaired) electrons. The summed E-state index contributed by atoms with van der Waals surface area (Å²) in [6.45, 7) is -0.132. The smallest absolute Gasteiger partial charge is 0.391 e. The van der Waals surface area contributed by atoms with Crippen molar-refractivity contribution in [3.63, 3.8) is 0 Å². The topological polar surface area (TPSA) is 41.5 Å². The van der Waals surface area contributed by atoms with Gasteiger partial charge in [-0.2, -0.15) is 13.2 Å². The number of likely N-dealkylation sites (N-methyl/N-ethyl adjacent to an activating group) is 1. The Morgan fingerprint density at radius 3 is 2.43 bits per heavy atom. The Morgan fingerprint density at radius 2 is 2.00 bits per heavy atom. The monoisotopic (exact) mass is 215 g/mol. The van der Waals surface area contributed by atoms with Crippen molar-refractivity contribution in [1.29, 1.82) is 0 Å². The van der Waals surface area contributed by atoms with Crippen molar-refractivity contribution in [2.24, 2.45) is 0 Å². The van der Waals surface area contributed by atoms with E-state index in [9.17, 15) is 13.2 Å². The fraction of sp³-hybridized carbons (Fsp3) is 1.00. The Bertz CT molecular complexity index is 137. The molecule has 0 aliphatic heterocycles. The van der Waals surface area contributed by atoms with E-state index in [4.69, 9.17) is 9.84 Å². The average Bonchev–Trinajstić information content (AvgIpc) is 2.09. The van der Waals surface area contributed by atoms with Crippen LogP contribution in [0.2, 0.25) is 0 Å². The van der Waals surface area contributed by atoms with Gasteiger partial charge in [-0.15, -0.1) is 0 Å². The predicted octanol–water partition coefficient (Wildman–Crippen LogP) is 0.926. The van der Waals surface area contributed by atoms with Gasteiger partial charge in [0.1, 0.15) is 0 Å². The molecule has 14 heavy (non-hydrogen) atoms. The van der Waals surface area contributed by atoms with E-state index in [-0.39, 0.29) is 25.9 Å². The van der Waals surface area contributed by atoms with Crippen LogP contribution < -0.4 is 5.32 Å². The Morgan fingerprint density at radius 1 is 1.36 bits per heavy atom. The normalized spacial score (nSPS) is 14.4. The zero-order valence-electron chi connectivity index (χ0n) is 8.10. The van der Waals surface area contributed by atoms with Crippen molar-refractivity contribution in [2.75, 3.05) is 26.9 Å². The Hall–Kier alpha value is -0.330. The second-order valence-corrected chi connectivity index (χ2v) is 2.93. The lowest BCUT2D eigenvalue weighted by Crippen LogP contribution is -2.30. The average molecular weight is 215 g/mol. The van der Waals surface area contributed by atoms with E-state index >= 15 is 0 Å². The molecule has 0 aromatic heterocycles. The highest BCUT2D eigenvalue weighted by Gasteiger charge is 2.26. The molecule has 0 amide bonds. The van der Waals surface area contributed by atoms with Crippen LogP contribution in [0.25, 0.3) is 0 Å². The molecule has 6 heteroatoms. The van der Waals surface area contributed by atoms with E-state index in [1.165, 1.54) is 0 Å². The molecule has 0 aliphatic rings. The van der Waals surface area contributed by atoms with E-state index in [1.54, 1.807) is 7.05 Å². The summed E-state index contributed by atoms with van der Waals surface area (Å²) in [6.07, 6.45) is -4.57. The molecular weight excluding hydrogens is 199 g/mol. The van der Waals surface area contributed by atoms with E-state index in [0.717, 1.165) is 0 Å². The van der Waals surface area contributed by atoms with Gasteiger partial charge >= 0.3 is 6.18 Å². The first-order chi connectivity index (χ1) is 6.49. The second kappa shape index (κ2) is 7.03. The summed E-state index contributed by atoms with van der Waals surface area (Å²) >= 11 is 0. The van der Waals surface area contributed by atoms with Crippen LogP contribution in [0.3, 0.4) is 0 Å². The van der Waals surface area contributed by atoms with E-state index < -0.39 is 12.6 Å². The number of hydrogen-bond donors (Lipinski definition) is 2. The molecule has 0 heterocycles. The molecule has 1 atom stereocenters. The molecule has 0 spiro atoms. The van der Waals surface area contributed by atoms with Crippen LogP contribution in [0.5, 0.6) is 0 Å². The summed E-state index contributed by atoms with van der Waals surface area (Å²) in [7, 11) is 1.68. The summed E-state index contributed by atoms with van der Waals surface area (Å²) in [5, 5.41) is 11.5. The van der Waals surface area contributed by atoms with E-state index in [0.29, 0.717) is 6.42 Å². The molecule has 0 saturated carbocycles. The van der Waals surface area contributed by atoms with Crippen LogP contribution in [0.15, 0.2) is 0 Å². The molecule has 86 valence electrons. The first-order valence-corrected chi connectivity index (χ1v) is 4.42. The van der Waals surface area contributed by atoms with Gasteiger partial charge in [-0.3, -0.25) is 0 Å². The van der Waals surface area contributed by atoms with Crippen molar-refractivity contribution >= 4 is 0 Å². The number of aliphatic hydroxyl groups is 1. The Balaban J connectivity index is 3.29. The van der Waals surface area contributed by atoms with Gasteiger partial charge in [-0.1, -0.05) is 0 Å². The van der Waals surface area contributed by atoms with Gasteiger partial charge < -0.3 is 15.2 Å². The largest absolute Gasteiger partial charge is 0.395 e. The summed E-state index contributed by atoms with van der Waals surface area (Å²) in [5.74, 6) is 0. The van der Waals surface area contributed by atoms with Crippen LogP contribution in [-0.4, -0.2) is 44.2 Å². The van der Waals surface area contributed by atoms with E-state index in [1.807, 2.05) is 0 Å². The number of halogens is 3. The van der Waals surface area contributed by atoms with Gasteiger partial charge in [0.15, 0.2) is 0 Å². The maximum absolute atomic E-state index is 11.6. The fourth-order valence-electron chi connectivity index (χ4n) is 0.842. The third kappa shape index (κ3) is 8.28. The van der Waals surface area contributed by atoms with Crippen LogP contribution >= 0.6 is 0 Å². The molecule has 0 bridgehead atoms. The summed E-state index contributed by atoms with van der Waals surface area (Å²) < 4.78 is 39.7. The van der Waals surface area contributed by atoms with Gasteiger partial charge in [0.2, 0.25) is 0 Å². The third-order valence-electron chi connectivity index (χ3n) is 1.77. The molecule has 0 fully saturated rings. The number of aliphatic hydroxyl groups excluding tert-OH is 1. The lowest BCUT2D eigenvalue weighted by Gasteiger charge is -2.13. The third-order valence-corrected chi connectivity index (χ3v) is 1.77. The van der Waals surface area contributed by atoms with Crippen LogP contribution in [-0.2, 0) is 4.74 Å². The molecule has 0 aromatic carbocycles. The highest BCUT2D eigenvalue weighted by molar-refractivity contribution is 4.61. The first kappa shape index (κ1) is 13.7. The quantitative estimate of drug-likeness (QED) is 0.621. The highest BCUT2D eigenvalue weighted by atomic mass is 19.4. The van der Waals surface area contributed by atoms with E-state index in [2.05, 4.69) is 5.32 Å². The molecule has 0 rings (SSSR count). The zero-order chi connectivity index (χ0) is 11.0. The number of hydrogen-bond acceptors (Lipinski definition) is 3. The molecule has 3 nitrogen and oxygen atoms in total. The lowest BCUT2D eigenvalue weighted by atomic mass is 10.2. The van der Waals surface area contributed by atoms with Crippen molar-refractivity contribution < 1.29 is 23.0 Å². The fourth-order valence-corrected chi connectivity index (χ4v) is 0.842. The highest BCUT2D eigenvalue weighted by Crippen LogP contribution is 2.18. The Kier molecular flexibility index (Phi) is 6.86. The molecule has 0 saturated heterocycles. The predicted molar refractivity (Wildman–Crippen MR) is 46.0 cm³/mol. The van der Waals surface area contributed by atoms with Crippen molar-refractivity contribution in [2.45, 2.75) is 25.1 Å². The van der Waals surface area contributed by atoms with Crippen LogP contribution in [0.4, 0.5) is 13.2 Å². The summed E-state index contributed by atoms with van der Waals surface area (Å²) in [4.78, 5) is 0. The SMILES string of the molecule is CNC(CO)CCOCCC(F)(F)F. The Labute approximate surface area is 81.2 Å². The maximum atomic E-state index is 11.6. The molecule has 1 unspecified atom stereocenters. The maximum Gasteiger partial charge on any atom is 0.391 e. The standard InChI is InChI=1S/C8H16F3NO2/c1-12-7(6-13)2-4-14-5-3-8(9,10)11/h7,12-13H,2-6H2,1H3. The van der Waals surface area contributed by atoms with Gasteiger partial charge in [-0.05, 0) is 13.5 Å². The van der Waals surface area contributed by atoms with Gasteiger partial charge in [0.05, 0.1) is 19.6 Å². The molecular formula is C8H16F3NO2. The number of nitrogens with one attached hydrogen (secondary N) is 1. The minimum absolute atomic E-state index is 0.0425.